The monoisotopic (exact) mass is 302 g/mol. The highest BCUT2D eigenvalue weighted by Gasteiger charge is 2.12. The zero-order chi connectivity index (χ0) is 13.9. The summed E-state index contributed by atoms with van der Waals surface area (Å²) in [6, 6.07) is 18.7. The largest absolute Gasteiger partial charge is 0.497 e. The third kappa shape index (κ3) is 2.82. The molecule has 1 unspecified atom stereocenters. The molecule has 0 saturated carbocycles. The molecule has 0 spiro atoms. The van der Waals surface area contributed by atoms with Crippen LogP contribution in [0.3, 0.4) is 0 Å². The maximum atomic E-state index is 6.58. The summed E-state index contributed by atoms with van der Waals surface area (Å²) in [4.78, 5) is 1.22. The molecule has 102 valence electrons. The summed E-state index contributed by atoms with van der Waals surface area (Å²) in [7, 11) is 1.68. The molecular weight excluding hydrogens is 288 g/mol. The van der Waals surface area contributed by atoms with E-state index in [9.17, 15) is 0 Å². The molecule has 0 aliphatic rings. The van der Waals surface area contributed by atoms with E-state index in [0.717, 1.165) is 12.2 Å². The molecule has 0 amide bonds. The molecule has 1 atom stereocenters. The molecule has 3 aromatic rings. The van der Waals surface area contributed by atoms with Gasteiger partial charge in [-0.15, -0.1) is 22.9 Å². The quantitative estimate of drug-likeness (QED) is 0.584. The minimum absolute atomic E-state index is 0.000457. The van der Waals surface area contributed by atoms with Gasteiger partial charge in [-0.25, -0.2) is 0 Å². The van der Waals surface area contributed by atoms with Crippen LogP contribution < -0.4 is 4.74 Å². The fourth-order valence-electron chi connectivity index (χ4n) is 2.26. The summed E-state index contributed by atoms with van der Waals surface area (Å²) in [5.74, 6) is 0.878. The SMILES string of the molecule is COc1cccc(CC(Cl)c2cc3ccccc3s2)c1. The maximum absolute atomic E-state index is 6.58. The molecule has 0 saturated heterocycles. The summed E-state index contributed by atoms with van der Waals surface area (Å²) in [6.45, 7) is 0. The summed E-state index contributed by atoms with van der Waals surface area (Å²) < 4.78 is 6.54. The Bertz CT molecular complexity index is 687. The first-order valence-corrected chi connectivity index (χ1v) is 7.77. The Balaban J connectivity index is 1.82. The van der Waals surface area contributed by atoms with Crippen molar-refractivity contribution in [1.82, 2.24) is 0 Å². The minimum atomic E-state index is -0.000457. The number of rotatable bonds is 4. The first-order chi connectivity index (χ1) is 9.76. The Morgan fingerprint density at radius 2 is 1.95 bits per heavy atom. The third-order valence-electron chi connectivity index (χ3n) is 3.30. The van der Waals surface area contributed by atoms with E-state index in [4.69, 9.17) is 16.3 Å². The maximum Gasteiger partial charge on any atom is 0.119 e. The number of ether oxygens (including phenoxy) is 1. The van der Waals surface area contributed by atoms with Gasteiger partial charge in [-0.3, -0.25) is 0 Å². The Kier molecular flexibility index (Phi) is 3.95. The molecule has 0 N–H and O–H groups in total. The van der Waals surface area contributed by atoms with E-state index in [2.05, 4.69) is 36.4 Å². The van der Waals surface area contributed by atoms with Crippen LogP contribution in [-0.2, 0) is 6.42 Å². The number of fused-ring (bicyclic) bond motifs is 1. The van der Waals surface area contributed by atoms with Crippen LogP contribution in [0.1, 0.15) is 15.8 Å². The minimum Gasteiger partial charge on any atom is -0.497 e. The predicted octanol–water partition coefficient (Wildman–Crippen LogP) is 5.43. The topological polar surface area (TPSA) is 9.23 Å². The lowest BCUT2D eigenvalue weighted by atomic mass is 10.1. The van der Waals surface area contributed by atoms with Crippen molar-refractivity contribution in [2.24, 2.45) is 0 Å². The van der Waals surface area contributed by atoms with Crippen LogP contribution in [0.2, 0.25) is 0 Å². The van der Waals surface area contributed by atoms with Crippen molar-refractivity contribution in [3.8, 4) is 5.75 Å². The zero-order valence-corrected chi connectivity index (χ0v) is 12.7. The molecular formula is C17H15ClOS. The van der Waals surface area contributed by atoms with Crippen molar-refractivity contribution in [2.45, 2.75) is 11.8 Å². The van der Waals surface area contributed by atoms with Gasteiger partial charge >= 0.3 is 0 Å². The predicted molar refractivity (Wildman–Crippen MR) is 87.1 cm³/mol. The van der Waals surface area contributed by atoms with Crippen molar-refractivity contribution in [3.63, 3.8) is 0 Å². The number of alkyl halides is 1. The van der Waals surface area contributed by atoms with Gasteiger partial charge in [0.15, 0.2) is 0 Å². The van der Waals surface area contributed by atoms with E-state index >= 15 is 0 Å². The highest BCUT2D eigenvalue weighted by atomic mass is 35.5. The van der Waals surface area contributed by atoms with E-state index in [1.54, 1.807) is 18.4 Å². The number of halogens is 1. The number of hydrogen-bond donors (Lipinski definition) is 0. The molecule has 0 fully saturated rings. The Hall–Kier alpha value is -1.51. The van der Waals surface area contributed by atoms with Crippen LogP contribution in [0.4, 0.5) is 0 Å². The van der Waals surface area contributed by atoms with Gasteiger partial charge in [-0.05, 0) is 41.6 Å². The Morgan fingerprint density at radius 3 is 2.75 bits per heavy atom. The van der Waals surface area contributed by atoms with Crippen molar-refractivity contribution >= 4 is 33.0 Å². The van der Waals surface area contributed by atoms with Crippen molar-refractivity contribution < 1.29 is 4.74 Å². The fraction of sp³-hybridized carbons (Fsp3) is 0.176. The molecule has 1 aromatic heterocycles. The van der Waals surface area contributed by atoms with E-state index in [1.165, 1.54) is 20.5 Å². The summed E-state index contributed by atoms with van der Waals surface area (Å²) in [5.41, 5.74) is 1.20. The standard InChI is InChI=1S/C17H15ClOS/c1-19-14-7-4-5-12(9-14)10-15(18)17-11-13-6-2-3-8-16(13)20-17/h2-9,11,15H,10H2,1H3. The smallest absolute Gasteiger partial charge is 0.119 e. The van der Waals surface area contributed by atoms with Crippen LogP contribution in [0.5, 0.6) is 5.75 Å². The molecule has 0 aliphatic carbocycles. The van der Waals surface area contributed by atoms with Gasteiger partial charge in [-0.1, -0.05) is 30.3 Å². The molecule has 3 rings (SSSR count). The highest BCUT2D eigenvalue weighted by Crippen LogP contribution is 2.35. The number of thiophene rings is 1. The van der Waals surface area contributed by atoms with Crippen molar-refractivity contribution in [1.29, 1.82) is 0 Å². The normalized spacial score (nSPS) is 12.5. The van der Waals surface area contributed by atoms with E-state index in [0.29, 0.717) is 0 Å². The first kappa shape index (κ1) is 13.5. The van der Waals surface area contributed by atoms with Crippen molar-refractivity contribution in [2.75, 3.05) is 7.11 Å². The molecule has 20 heavy (non-hydrogen) atoms. The second-order valence-corrected chi connectivity index (χ2v) is 6.35. The molecule has 0 aliphatic heterocycles. The van der Waals surface area contributed by atoms with Crippen LogP contribution in [0, 0.1) is 0 Å². The highest BCUT2D eigenvalue weighted by molar-refractivity contribution is 7.19. The van der Waals surface area contributed by atoms with Crippen LogP contribution in [0.15, 0.2) is 54.6 Å². The molecule has 1 nitrogen and oxygen atoms in total. The van der Waals surface area contributed by atoms with Gasteiger partial charge in [0.2, 0.25) is 0 Å². The molecule has 3 heteroatoms. The Morgan fingerprint density at radius 1 is 1.10 bits per heavy atom. The average molecular weight is 303 g/mol. The van der Waals surface area contributed by atoms with Gasteiger partial charge in [0, 0.05) is 9.58 Å². The summed E-state index contributed by atoms with van der Waals surface area (Å²) in [5, 5.41) is 1.27. The fourth-order valence-corrected chi connectivity index (χ4v) is 3.68. The van der Waals surface area contributed by atoms with Gasteiger partial charge in [0.1, 0.15) is 5.75 Å². The van der Waals surface area contributed by atoms with Crippen LogP contribution in [0.25, 0.3) is 10.1 Å². The number of methoxy groups -OCH3 is 1. The number of benzene rings is 2. The van der Waals surface area contributed by atoms with E-state index < -0.39 is 0 Å². The lowest BCUT2D eigenvalue weighted by Gasteiger charge is -2.08. The van der Waals surface area contributed by atoms with E-state index in [1.807, 2.05) is 18.2 Å². The second-order valence-electron chi connectivity index (χ2n) is 4.71. The van der Waals surface area contributed by atoms with E-state index in [-0.39, 0.29) is 5.38 Å². The second kappa shape index (κ2) is 5.86. The molecule has 2 aromatic carbocycles. The van der Waals surface area contributed by atoms with Gasteiger partial charge in [-0.2, -0.15) is 0 Å². The Labute approximate surface area is 127 Å². The summed E-state index contributed by atoms with van der Waals surface area (Å²) >= 11 is 8.35. The molecule has 1 heterocycles. The molecule has 0 radical (unpaired) electrons. The van der Waals surface area contributed by atoms with Gasteiger partial charge < -0.3 is 4.74 Å². The lowest BCUT2D eigenvalue weighted by molar-refractivity contribution is 0.414. The lowest BCUT2D eigenvalue weighted by Crippen LogP contribution is -1.94. The number of hydrogen-bond acceptors (Lipinski definition) is 2. The average Bonchev–Trinajstić information content (AvgIpc) is 2.91. The first-order valence-electron chi connectivity index (χ1n) is 6.52. The zero-order valence-electron chi connectivity index (χ0n) is 11.2. The summed E-state index contributed by atoms with van der Waals surface area (Å²) in [6.07, 6.45) is 0.811. The third-order valence-corrected chi connectivity index (χ3v) is 5.05. The van der Waals surface area contributed by atoms with Gasteiger partial charge in [0.05, 0.1) is 12.5 Å². The van der Waals surface area contributed by atoms with Gasteiger partial charge in [0.25, 0.3) is 0 Å². The van der Waals surface area contributed by atoms with Crippen LogP contribution in [-0.4, -0.2) is 7.11 Å². The molecule has 0 bridgehead atoms. The van der Waals surface area contributed by atoms with Crippen molar-refractivity contribution in [3.05, 3.63) is 65.0 Å². The van der Waals surface area contributed by atoms with Crippen LogP contribution >= 0.6 is 22.9 Å².